The molecule has 0 saturated heterocycles. The van der Waals surface area contributed by atoms with E-state index in [0.717, 1.165) is 28.2 Å². The molecule has 0 aliphatic carbocycles. The number of aromatic nitrogens is 2. The first-order valence-corrected chi connectivity index (χ1v) is 9.64. The number of hydrogen-bond donors (Lipinski definition) is 2. The molecule has 1 aromatic heterocycles. The predicted octanol–water partition coefficient (Wildman–Crippen LogP) is 3.34. The number of amides is 1. The smallest absolute Gasteiger partial charge is 0.230 e. The Labute approximate surface area is 162 Å². The molecule has 0 saturated carbocycles. The van der Waals surface area contributed by atoms with E-state index < -0.39 is 0 Å². The van der Waals surface area contributed by atoms with Gasteiger partial charge in [-0.15, -0.1) is 0 Å². The van der Waals surface area contributed by atoms with Gasteiger partial charge in [-0.1, -0.05) is 23.9 Å². The normalized spacial score (nSPS) is 10.8. The number of imidazole rings is 1. The van der Waals surface area contributed by atoms with Crippen LogP contribution in [0.1, 0.15) is 11.1 Å². The van der Waals surface area contributed by atoms with Crippen LogP contribution < -0.4 is 14.8 Å². The first kappa shape index (κ1) is 19.1. The summed E-state index contributed by atoms with van der Waals surface area (Å²) in [6.45, 7) is 2.60. The van der Waals surface area contributed by atoms with Crippen LogP contribution in [-0.2, 0) is 11.2 Å². The number of methoxy groups -OCH3 is 2. The van der Waals surface area contributed by atoms with Gasteiger partial charge in [0.25, 0.3) is 0 Å². The van der Waals surface area contributed by atoms with E-state index in [0.29, 0.717) is 23.8 Å². The van der Waals surface area contributed by atoms with Gasteiger partial charge >= 0.3 is 0 Å². The molecule has 6 nitrogen and oxygen atoms in total. The third-order valence-electron chi connectivity index (χ3n) is 4.14. The summed E-state index contributed by atoms with van der Waals surface area (Å²) in [7, 11) is 3.22. The zero-order chi connectivity index (χ0) is 19.2. The summed E-state index contributed by atoms with van der Waals surface area (Å²) in [6.07, 6.45) is 0.723. The molecule has 2 N–H and O–H groups in total. The summed E-state index contributed by atoms with van der Waals surface area (Å²) in [6, 6.07) is 11.8. The Morgan fingerprint density at radius 3 is 2.74 bits per heavy atom. The first-order valence-electron chi connectivity index (χ1n) is 8.66. The summed E-state index contributed by atoms with van der Waals surface area (Å²) < 4.78 is 10.5. The summed E-state index contributed by atoms with van der Waals surface area (Å²) in [4.78, 5) is 19.8. The Balaban J connectivity index is 1.46. The fourth-order valence-corrected chi connectivity index (χ4v) is 3.45. The van der Waals surface area contributed by atoms with E-state index in [1.165, 1.54) is 17.3 Å². The van der Waals surface area contributed by atoms with E-state index in [4.69, 9.17) is 9.47 Å². The molecule has 0 fully saturated rings. The van der Waals surface area contributed by atoms with Crippen molar-refractivity contribution in [2.45, 2.75) is 18.5 Å². The molecule has 0 atom stereocenters. The molecular formula is C20H23N3O3S. The van der Waals surface area contributed by atoms with Gasteiger partial charge < -0.3 is 19.8 Å². The van der Waals surface area contributed by atoms with Crippen molar-refractivity contribution in [2.24, 2.45) is 0 Å². The molecule has 1 heterocycles. The van der Waals surface area contributed by atoms with Crippen molar-refractivity contribution in [1.82, 2.24) is 15.3 Å². The van der Waals surface area contributed by atoms with Crippen LogP contribution in [0.25, 0.3) is 11.0 Å². The third kappa shape index (κ3) is 4.95. The molecule has 3 aromatic rings. The van der Waals surface area contributed by atoms with Gasteiger partial charge in [0, 0.05) is 6.54 Å². The van der Waals surface area contributed by atoms with Crippen LogP contribution in [0.5, 0.6) is 11.5 Å². The number of benzene rings is 2. The minimum absolute atomic E-state index is 0.0166. The molecule has 0 radical (unpaired) electrons. The van der Waals surface area contributed by atoms with Crippen molar-refractivity contribution < 1.29 is 14.3 Å². The summed E-state index contributed by atoms with van der Waals surface area (Å²) >= 11 is 1.40. The lowest BCUT2D eigenvalue weighted by Gasteiger charge is -2.10. The average molecular weight is 385 g/mol. The molecule has 27 heavy (non-hydrogen) atoms. The van der Waals surface area contributed by atoms with Gasteiger partial charge in [0.15, 0.2) is 16.7 Å². The van der Waals surface area contributed by atoms with E-state index in [1.54, 1.807) is 14.2 Å². The third-order valence-corrected chi connectivity index (χ3v) is 5.01. The number of aromatic amines is 1. The number of thioether (sulfide) groups is 1. The Morgan fingerprint density at radius 1 is 1.15 bits per heavy atom. The molecule has 0 bridgehead atoms. The highest BCUT2D eigenvalue weighted by Gasteiger charge is 2.08. The van der Waals surface area contributed by atoms with Crippen molar-refractivity contribution in [3.63, 3.8) is 0 Å². The molecule has 3 rings (SSSR count). The van der Waals surface area contributed by atoms with Crippen LogP contribution >= 0.6 is 11.8 Å². The quantitative estimate of drug-likeness (QED) is 0.582. The van der Waals surface area contributed by atoms with E-state index in [2.05, 4.69) is 21.4 Å². The molecule has 0 aliphatic rings. The van der Waals surface area contributed by atoms with Gasteiger partial charge in [-0.3, -0.25) is 4.79 Å². The highest BCUT2D eigenvalue weighted by molar-refractivity contribution is 7.99. The van der Waals surface area contributed by atoms with Gasteiger partial charge in [0.1, 0.15) is 0 Å². The fourth-order valence-electron chi connectivity index (χ4n) is 2.74. The average Bonchev–Trinajstić information content (AvgIpc) is 3.08. The van der Waals surface area contributed by atoms with E-state index in [1.807, 2.05) is 37.3 Å². The van der Waals surface area contributed by atoms with Crippen molar-refractivity contribution in [1.29, 1.82) is 0 Å². The second kappa shape index (κ2) is 8.81. The monoisotopic (exact) mass is 385 g/mol. The second-order valence-electron chi connectivity index (χ2n) is 6.14. The molecule has 142 valence electrons. The molecule has 1 amide bonds. The number of H-pyrrole nitrogens is 1. The van der Waals surface area contributed by atoms with Gasteiger partial charge in [0.2, 0.25) is 5.91 Å². The molecule has 0 spiro atoms. The molecule has 0 unspecified atom stereocenters. The topological polar surface area (TPSA) is 76.2 Å². The van der Waals surface area contributed by atoms with Crippen LogP contribution in [-0.4, -0.2) is 42.4 Å². The minimum Gasteiger partial charge on any atom is -0.493 e. The van der Waals surface area contributed by atoms with Crippen LogP contribution in [0.15, 0.2) is 41.6 Å². The first-order chi connectivity index (χ1) is 13.1. The van der Waals surface area contributed by atoms with Crippen LogP contribution in [0.2, 0.25) is 0 Å². The number of aryl methyl sites for hydroxylation is 1. The lowest BCUT2D eigenvalue weighted by atomic mass is 10.1. The number of nitrogens with one attached hydrogen (secondary N) is 2. The molecule has 2 aromatic carbocycles. The SMILES string of the molecule is COc1ccc(CCNC(=O)CSc2nc3ccc(C)cc3[nH]2)cc1OC. The van der Waals surface area contributed by atoms with E-state index in [-0.39, 0.29) is 5.91 Å². The van der Waals surface area contributed by atoms with Crippen molar-refractivity contribution in [3.05, 3.63) is 47.5 Å². The Bertz CT molecular complexity index is 939. The van der Waals surface area contributed by atoms with Gasteiger partial charge in [-0.05, 0) is 48.7 Å². The largest absolute Gasteiger partial charge is 0.493 e. The Morgan fingerprint density at radius 2 is 1.96 bits per heavy atom. The number of rotatable bonds is 8. The Hall–Kier alpha value is -2.67. The number of carbonyl (C=O) groups excluding carboxylic acids is 1. The molecule has 0 aliphatic heterocycles. The van der Waals surface area contributed by atoms with Crippen molar-refractivity contribution in [3.8, 4) is 11.5 Å². The summed E-state index contributed by atoms with van der Waals surface area (Å²) in [5, 5.41) is 3.69. The van der Waals surface area contributed by atoms with Gasteiger partial charge in [0.05, 0.1) is 31.0 Å². The number of carbonyl (C=O) groups is 1. The zero-order valence-corrected chi connectivity index (χ0v) is 16.5. The maximum atomic E-state index is 12.1. The van der Waals surface area contributed by atoms with Crippen LogP contribution in [0, 0.1) is 6.92 Å². The van der Waals surface area contributed by atoms with Crippen LogP contribution in [0.4, 0.5) is 0 Å². The number of hydrogen-bond acceptors (Lipinski definition) is 5. The van der Waals surface area contributed by atoms with E-state index in [9.17, 15) is 4.79 Å². The maximum Gasteiger partial charge on any atom is 0.230 e. The number of nitrogens with zero attached hydrogens (tertiary/aromatic N) is 1. The van der Waals surface area contributed by atoms with E-state index >= 15 is 0 Å². The van der Waals surface area contributed by atoms with Gasteiger partial charge in [-0.2, -0.15) is 0 Å². The maximum absolute atomic E-state index is 12.1. The van der Waals surface area contributed by atoms with Gasteiger partial charge in [-0.25, -0.2) is 4.98 Å². The summed E-state index contributed by atoms with van der Waals surface area (Å²) in [5.74, 6) is 1.70. The number of fused-ring (bicyclic) bond motifs is 1. The zero-order valence-electron chi connectivity index (χ0n) is 15.7. The van der Waals surface area contributed by atoms with Crippen molar-refractivity contribution in [2.75, 3.05) is 26.5 Å². The standard InChI is InChI=1S/C20H23N3O3S/c1-13-4-6-15-16(10-13)23-20(22-15)27-12-19(24)21-9-8-14-5-7-17(25-2)18(11-14)26-3/h4-7,10-11H,8-9,12H2,1-3H3,(H,21,24)(H,22,23). The number of ether oxygens (including phenoxy) is 2. The predicted molar refractivity (Wildman–Crippen MR) is 108 cm³/mol. The lowest BCUT2D eigenvalue weighted by molar-refractivity contribution is -0.118. The van der Waals surface area contributed by atoms with Crippen molar-refractivity contribution >= 4 is 28.7 Å². The molecular weight excluding hydrogens is 362 g/mol. The molecule has 7 heteroatoms. The fraction of sp³-hybridized carbons (Fsp3) is 0.300. The minimum atomic E-state index is -0.0166. The highest BCUT2D eigenvalue weighted by Crippen LogP contribution is 2.27. The second-order valence-corrected chi connectivity index (χ2v) is 7.10. The van der Waals surface area contributed by atoms with Crippen LogP contribution in [0.3, 0.4) is 0 Å². The highest BCUT2D eigenvalue weighted by atomic mass is 32.2. The lowest BCUT2D eigenvalue weighted by Crippen LogP contribution is -2.27. The summed E-state index contributed by atoms with van der Waals surface area (Å²) in [5.41, 5.74) is 4.16. The Kier molecular flexibility index (Phi) is 6.24.